The Morgan fingerprint density at radius 3 is 3.00 bits per heavy atom. The van der Waals surface area contributed by atoms with Gasteiger partial charge in [0.1, 0.15) is 6.04 Å². The van der Waals surface area contributed by atoms with Crippen molar-refractivity contribution in [3.05, 3.63) is 12.7 Å². The number of likely N-dealkylation sites (tertiary alicyclic amines) is 1. The maximum absolute atomic E-state index is 10.9. The summed E-state index contributed by atoms with van der Waals surface area (Å²) in [7, 11) is 0. The molecule has 0 bridgehead atoms. The van der Waals surface area contributed by atoms with Crippen molar-refractivity contribution in [3.8, 4) is 0 Å². The van der Waals surface area contributed by atoms with Crippen LogP contribution in [0, 0.1) is 0 Å². The minimum absolute atomic E-state index is 0.457. The number of hydrogen-bond acceptors (Lipinski definition) is 3. The Morgan fingerprint density at radius 2 is 2.50 bits per heavy atom. The Kier molecular flexibility index (Phi) is 2.83. The summed E-state index contributed by atoms with van der Waals surface area (Å²) in [5, 5.41) is 9.38. The Balaban J connectivity index is 2.63. The summed E-state index contributed by atoms with van der Waals surface area (Å²) >= 11 is 0. The minimum atomic E-state index is -0.609. The monoisotopic (exact) mass is 170 g/mol. The predicted octanol–water partition coefficient (Wildman–Crippen LogP) is -0.907. The molecule has 0 unspecified atom stereocenters. The quantitative estimate of drug-likeness (QED) is 0.539. The van der Waals surface area contributed by atoms with Crippen LogP contribution in [0.3, 0.4) is 0 Å². The van der Waals surface area contributed by atoms with Crippen LogP contribution in [0.4, 0.5) is 0 Å². The average molecular weight is 170 g/mol. The van der Waals surface area contributed by atoms with Crippen LogP contribution in [0.2, 0.25) is 0 Å². The van der Waals surface area contributed by atoms with Crippen LogP contribution in [0.15, 0.2) is 12.7 Å². The molecule has 1 amide bonds. The molecule has 1 saturated heterocycles. The third kappa shape index (κ3) is 1.65. The number of carbonyl (C=O) groups excluding carboxylic acids is 1. The smallest absolute Gasteiger partial charge is 0.237 e. The summed E-state index contributed by atoms with van der Waals surface area (Å²) < 4.78 is 0. The molecule has 0 saturated carbocycles. The fourth-order valence-corrected chi connectivity index (χ4v) is 1.58. The molecule has 0 radical (unpaired) electrons. The average Bonchev–Trinajstić information content (AvgIpc) is 2.32. The van der Waals surface area contributed by atoms with E-state index in [1.54, 1.807) is 6.08 Å². The number of primary amides is 1. The zero-order valence-corrected chi connectivity index (χ0v) is 6.94. The molecule has 4 nitrogen and oxygen atoms in total. The summed E-state index contributed by atoms with van der Waals surface area (Å²) in [6.45, 7) is 4.88. The highest BCUT2D eigenvalue weighted by Gasteiger charge is 2.35. The number of rotatable bonds is 3. The number of nitrogens with two attached hydrogens (primary N) is 1. The van der Waals surface area contributed by atoms with E-state index in [4.69, 9.17) is 5.73 Å². The molecule has 1 heterocycles. The second kappa shape index (κ2) is 3.69. The van der Waals surface area contributed by atoms with Crippen molar-refractivity contribution in [1.82, 2.24) is 4.90 Å². The molecule has 0 aromatic carbocycles. The van der Waals surface area contributed by atoms with Crippen LogP contribution in [-0.2, 0) is 4.79 Å². The maximum Gasteiger partial charge on any atom is 0.237 e. The van der Waals surface area contributed by atoms with Crippen LogP contribution >= 0.6 is 0 Å². The van der Waals surface area contributed by atoms with E-state index in [0.717, 1.165) is 0 Å². The van der Waals surface area contributed by atoms with E-state index < -0.39 is 18.1 Å². The Bertz CT molecular complexity index is 193. The summed E-state index contributed by atoms with van der Waals surface area (Å²) in [5.41, 5.74) is 5.13. The van der Waals surface area contributed by atoms with Gasteiger partial charge in [-0.15, -0.1) is 6.58 Å². The highest BCUT2D eigenvalue weighted by Crippen LogP contribution is 2.16. The third-order valence-electron chi connectivity index (χ3n) is 2.13. The summed E-state index contributed by atoms with van der Waals surface area (Å²) in [4.78, 5) is 12.7. The number of amides is 1. The maximum atomic E-state index is 10.9. The van der Waals surface area contributed by atoms with Crippen LogP contribution in [0.25, 0.3) is 0 Å². The first-order valence-electron chi connectivity index (χ1n) is 3.99. The number of aliphatic hydroxyl groups excluding tert-OH is 1. The van der Waals surface area contributed by atoms with Crippen molar-refractivity contribution in [2.75, 3.05) is 13.1 Å². The Morgan fingerprint density at radius 1 is 1.83 bits per heavy atom. The number of hydrogen-bond donors (Lipinski definition) is 2. The van der Waals surface area contributed by atoms with Crippen molar-refractivity contribution >= 4 is 5.91 Å². The molecule has 1 aliphatic rings. The van der Waals surface area contributed by atoms with E-state index in [1.807, 2.05) is 4.90 Å². The molecule has 0 spiro atoms. The van der Waals surface area contributed by atoms with Gasteiger partial charge in [0.15, 0.2) is 0 Å². The Labute approximate surface area is 71.7 Å². The van der Waals surface area contributed by atoms with Crippen LogP contribution in [0.1, 0.15) is 6.42 Å². The molecule has 0 aromatic rings. The number of nitrogens with zero attached hydrogens (tertiary/aromatic N) is 1. The number of carbonyl (C=O) groups is 1. The minimum Gasteiger partial charge on any atom is -0.391 e. The fraction of sp³-hybridized carbons (Fsp3) is 0.625. The molecule has 0 aromatic heterocycles. The molecule has 1 rings (SSSR count). The SMILES string of the molecule is C=CCN1CC[C@H](O)[C@H]1C(N)=O. The van der Waals surface area contributed by atoms with Gasteiger partial charge < -0.3 is 10.8 Å². The predicted molar refractivity (Wildman–Crippen MR) is 45.4 cm³/mol. The molecule has 1 aliphatic heterocycles. The van der Waals surface area contributed by atoms with Crippen LogP contribution < -0.4 is 5.73 Å². The second-order valence-corrected chi connectivity index (χ2v) is 2.99. The zero-order chi connectivity index (χ0) is 9.14. The van der Waals surface area contributed by atoms with E-state index >= 15 is 0 Å². The zero-order valence-electron chi connectivity index (χ0n) is 6.94. The molecule has 68 valence electrons. The van der Waals surface area contributed by atoms with Gasteiger partial charge >= 0.3 is 0 Å². The molecule has 2 atom stereocenters. The van der Waals surface area contributed by atoms with Gasteiger partial charge in [-0.25, -0.2) is 0 Å². The second-order valence-electron chi connectivity index (χ2n) is 2.99. The van der Waals surface area contributed by atoms with E-state index in [-0.39, 0.29) is 0 Å². The van der Waals surface area contributed by atoms with Crippen molar-refractivity contribution < 1.29 is 9.90 Å². The highest BCUT2D eigenvalue weighted by atomic mass is 16.3. The molecular formula is C8H14N2O2. The van der Waals surface area contributed by atoms with Crippen LogP contribution in [0.5, 0.6) is 0 Å². The lowest BCUT2D eigenvalue weighted by Crippen LogP contribution is -2.45. The third-order valence-corrected chi connectivity index (χ3v) is 2.13. The molecule has 0 aliphatic carbocycles. The van der Waals surface area contributed by atoms with Gasteiger partial charge in [0.05, 0.1) is 6.10 Å². The van der Waals surface area contributed by atoms with Crippen molar-refractivity contribution in [2.45, 2.75) is 18.6 Å². The van der Waals surface area contributed by atoms with Gasteiger partial charge in [-0.1, -0.05) is 6.08 Å². The fourth-order valence-electron chi connectivity index (χ4n) is 1.58. The standard InChI is InChI=1S/C8H14N2O2/c1-2-4-10-5-3-6(11)7(10)8(9)12/h2,6-7,11H,1,3-5H2,(H2,9,12)/t6-,7-/m0/s1. The first-order chi connectivity index (χ1) is 5.66. The van der Waals surface area contributed by atoms with Gasteiger partial charge in [-0.2, -0.15) is 0 Å². The lowest BCUT2D eigenvalue weighted by atomic mass is 10.1. The molecule has 1 fully saturated rings. The van der Waals surface area contributed by atoms with Gasteiger partial charge in [0.25, 0.3) is 0 Å². The molecule has 12 heavy (non-hydrogen) atoms. The van der Waals surface area contributed by atoms with Gasteiger partial charge in [-0.05, 0) is 6.42 Å². The van der Waals surface area contributed by atoms with E-state index in [0.29, 0.717) is 19.5 Å². The molecule has 4 heteroatoms. The van der Waals surface area contributed by atoms with E-state index in [2.05, 4.69) is 6.58 Å². The largest absolute Gasteiger partial charge is 0.391 e. The molecular weight excluding hydrogens is 156 g/mol. The van der Waals surface area contributed by atoms with Crippen LogP contribution in [-0.4, -0.2) is 41.1 Å². The Hall–Kier alpha value is -0.870. The van der Waals surface area contributed by atoms with Crippen molar-refractivity contribution in [2.24, 2.45) is 5.73 Å². The van der Waals surface area contributed by atoms with Crippen molar-refractivity contribution in [1.29, 1.82) is 0 Å². The lowest BCUT2D eigenvalue weighted by Gasteiger charge is -2.21. The van der Waals surface area contributed by atoms with E-state index in [9.17, 15) is 9.90 Å². The summed E-state index contributed by atoms with van der Waals surface area (Å²) in [5.74, 6) is -0.457. The number of aliphatic hydroxyl groups is 1. The highest BCUT2D eigenvalue weighted by molar-refractivity contribution is 5.81. The van der Waals surface area contributed by atoms with Gasteiger partial charge in [0.2, 0.25) is 5.91 Å². The summed E-state index contributed by atoms with van der Waals surface area (Å²) in [6.07, 6.45) is 1.71. The first kappa shape index (κ1) is 9.22. The van der Waals surface area contributed by atoms with Gasteiger partial charge in [0, 0.05) is 13.1 Å². The molecule has 3 N–H and O–H groups in total. The van der Waals surface area contributed by atoms with E-state index in [1.165, 1.54) is 0 Å². The topological polar surface area (TPSA) is 66.6 Å². The van der Waals surface area contributed by atoms with Crippen molar-refractivity contribution in [3.63, 3.8) is 0 Å². The summed E-state index contributed by atoms with van der Waals surface area (Å²) in [6, 6.07) is -0.525. The lowest BCUT2D eigenvalue weighted by molar-refractivity contribution is -0.124. The van der Waals surface area contributed by atoms with Gasteiger partial charge in [-0.3, -0.25) is 9.69 Å². The first-order valence-corrected chi connectivity index (χ1v) is 3.99. The normalized spacial score (nSPS) is 30.4.